The Morgan fingerprint density at radius 1 is 0.941 bits per heavy atom. The lowest BCUT2D eigenvalue weighted by molar-refractivity contribution is -0.139. The number of ether oxygens (including phenoxy) is 1. The molecule has 2 aliphatic heterocycles. The number of para-hydroxylation sites is 1. The third kappa shape index (κ3) is 3.18. The number of carbonyl (C=O) groups is 4. The fourth-order valence-corrected chi connectivity index (χ4v) is 6.05. The van der Waals surface area contributed by atoms with Crippen molar-refractivity contribution in [1.82, 2.24) is 0 Å². The Labute approximate surface area is 200 Å². The summed E-state index contributed by atoms with van der Waals surface area (Å²) in [4.78, 5) is 54.2. The zero-order valence-corrected chi connectivity index (χ0v) is 18.9. The first-order chi connectivity index (χ1) is 16.4. The Bertz CT molecular complexity index is 1240. The molecular weight excluding hydrogens is 456 g/mol. The first-order valence-electron chi connectivity index (χ1n) is 11.3. The monoisotopic (exact) mass is 476 g/mol. The number of imide groups is 1. The van der Waals surface area contributed by atoms with Crippen molar-refractivity contribution in [2.75, 3.05) is 16.3 Å². The van der Waals surface area contributed by atoms with Crippen LogP contribution in [0.25, 0.3) is 0 Å². The van der Waals surface area contributed by atoms with Crippen LogP contribution in [-0.2, 0) is 19.2 Å². The van der Waals surface area contributed by atoms with Gasteiger partial charge >= 0.3 is 5.97 Å². The van der Waals surface area contributed by atoms with Crippen molar-refractivity contribution in [3.8, 4) is 5.75 Å². The normalized spacial score (nSPS) is 29.3. The van der Waals surface area contributed by atoms with Gasteiger partial charge in [-0.25, -0.2) is 4.90 Å². The summed E-state index contributed by atoms with van der Waals surface area (Å²) in [7, 11) is 0. The van der Waals surface area contributed by atoms with Gasteiger partial charge in [-0.15, -0.1) is 0 Å². The molecule has 4 aliphatic rings. The summed E-state index contributed by atoms with van der Waals surface area (Å²) in [6.07, 6.45) is 4.98. The minimum Gasteiger partial charge on any atom is -0.426 e. The predicted molar refractivity (Wildman–Crippen MR) is 124 cm³/mol. The molecule has 8 heteroatoms. The molecule has 172 valence electrons. The first-order valence-corrected chi connectivity index (χ1v) is 11.7. The molecule has 1 saturated carbocycles. The number of rotatable bonds is 4. The highest BCUT2D eigenvalue weighted by molar-refractivity contribution is 6.34. The van der Waals surface area contributed by atoms with E-state index < -0.39 is 11.9 Å². The van der Waals surface area contributed by atoms with Gasteiger partial charge in [-0.1, -0.05) is 42.0 Å². The lowest BCUT2D eigenvalue weighted by Crippen LogP contribution is -2.32. The van der Waals surface area contributed by atoms with Gasteiger partial charge < -0.3 is 9.64 Å². The van der Waals surface area contributed by atoms with Crippen molar-refractivity contribution in [3.63, 3.8) is 0 Å². The molecule has 2 aromatic rings. The highest BCUT2D eigenvalue weighted by atomic mass is 35.5. The molecule has 34 heavy (non-hydrogen) atoms. The summed E-state index contributed by atoms with van der Waals surface area (Å²) in [5.74, 6) is -1.89. The largest absolute Gasteiger partial charge is 0.426 e. The van der Waals surface area contributed by atoms with Gasteiger partial charge in [-0.3, -0.25) is 19.2 Å². The average Bonchev–Trinajstić information content (AvgIpc) is 3.58. The topological polar surface area (TPSA) is 84.0 Å². The van der Waals surface area contributed by atoms with Crippen LogP contribution in [0.4, 0.5) is 11.4 Å². The molecule has 2 saturated heterocycles. The Hall–Kier alpha value is -3.45. The third-order valence-electron chi connectivity index (χ3n) is 7.37. The van der Waals surface area contributed by atoms with E-state index in [4.69, 9.17) is 16.3 Å². The lowest BCUT2D eigenvalue weighted by Gasteiger charge is -2.19. The van der Waals surface area contributed by atoms with Gasteiger partial charge in [0.25, 0.3) is 0 Å². The molecule has 7 nitrogen and oxygen atoms in total. The number of benzene rings is 2. The second kappa shape index (κ2) is 7.81. The molecule has 0 radical (unpaired) electrons. The summed E-state index contributed by atoms with van der Waals surface area (Å²) < 4.78 is 5.57. The molecule has 2 heterocycles. The van der Waals surface area contributed by atoms with Crippen molar-refractivity contribution in [3.05, 3.63) is 65.7 Å². The molecule has 0 aromatic heterocycles. The van der Waals surface area contributed by atoms with Crippen molar-refractivity contribution in [2.24, 2.45) is 29.6 Å². The van der Waals surface area contributed by atoms with Gasteiger partial charge in [-0.2, -0.15) is 0 Å². The van der Waals surface area contributed by atoms with Crippen molar-refractivity contribution < 1.29 is 23.9 Å². The summed E-state index contributed by atoms with van der Waals surface area (Å²) >= 11 is 6.21. The fraction of sp³-hybridized carbons (Fsp3) is 0.308. The maximum absolute atomic E-state index is 13.1. The number of nitrogens with zero attached hydrogens (tertiary/aromatic N) is 2. The van der Waals surface area contributed by atoms with E-state index in [-0.39, 0.29) is 60.1 Å². The zero-order valence-electron chi connectivity index (χ0n) is 18.1. The van der Waals surface area contributed by atoms with Gasteiger partial charge in [0.15, 0.2) is 0 Å². The number of hydrogen-bond acceptors (Lipinski definition) is 5. The van der Waals surface area contributed by atoms with E-state index >= 15 is 0 Å². The third-order valence-corrected chi connectivity index (χ3v) is 7.69. The lowest BCUT2D eigenvalue weighted by atomic mass is 9.85. The Morgan fingerprint density at radius 2 is 1.65 bits per heavy atom. The van der Waals surface area contributed by atoms with Crippen LogP contribution < -0.4 is 14.5 Å². The molecule has 6 rings (SSSR count). The van der Waals surface area contributed by atoms with Gasteiger partial charge in [0.05, 0.1) is 34.2 Å². The number of halogens is 1. The van der Waals surface area contributed by atoms with Crippen LogP contribution in [0.2, 0.25) is 5.02 Å². The second-order valence-corrected chi connectivity index (χ2v) is 9.69. The predicted octanol–water partition coefficient (Wildman–Crippen LogP) is 3.61. The first kappa shape index (κ1) is 21.1. The van der Waals surface area contributed by atoms with E-state index in [2.05, 4.69) is 0 Å². The van der Waals surface area contributed by atoms with Crippen LogP contribution in [0, 0.1) is 29.6 Å². The van der Waals surface area contributed by atoms with Crippen LogP contribution in [-0.4, -0.2) is 30.2 Å². The molecule has 0 N–H and O–H groups in total. The van der Waals surface area contributed by atoms with Gasteiger partial charge in [-0.05, 0) is 42.5 Å². The van der Waals surface area contributed by atoms with E-state index in [1.165, 1.54) is 15.9 Å². The maximum Gasteiger partial charge on any atom is 0.316 e. The number of carbonyl (C=O) groups excluding carboxylic acids is 4. The molecule has 5 atom stereocenters. The number of amides is 3. The van der Waals surface area contributed by atoms with Gasteiger partial charge in [0.1, 0.15) is 5.75 Å². The standard InChI is InChI=1S/C26H21ClN2O5/c27-19-6-1-2-7-20(19)28-13-16(11-21(28)30)26(33)34-18-5-3-4-17(12-18)29-24(31)22-14-8-9-15(10-14)23(22)25(29)32/h1-9,12,14-16,22-23H,10-11,13H2/t14-,15-,16-,22-,23+/m0/s1. The van der Waals surface area contributed by atoms with Crippen LogP contribution in [0.5, 0.6) is 5.75 Å². The minimum absolute atomic E-state index is 0.0198. The van der Waals surface area contributed by atoms with Gasteiger partial charge in [0, 0.05) is 19.0 Å². The number of esters is 1. The molecule has 2 aromatic carbocycles. The summed E-state index contributed by atoms with van der Waals surface area (Å²) in [6.45, 7) is 0.170. The summed E-state index contributed by atoms with van der Waals surface area (Å²) in [5.41, 5.74) is 0.959. The van der Waals surface area contributed by atoms with Gasteiger partial charge in [0.2, 0.25) is 17.7 Å². The average molecular weight is 477 g/mol. The maximum atomic E-state index is 13.1. The molecule has 0 unspecified atom stereocenters. The highest BCUT2D eigenvalue weighted by Crippen LogP contribution is 2.53. The molecule has 2 aliphatic carbocycles. The van der Waals surface area contributed by atoms with E-state index in [1.54, 1.807) is 42.5 Å². The van der Waals surface area contributed by atoms with Crippen LogP contribution in [0.3, 0.4) is 0 Å². The van der Waals surface area contributed by atoms with Crippen molar-refractivity contribution >= 4 is 46.7 Å². The number of hydrogen-bond donors (Lipinski definition) is 0. The van der Waals surface area contributed by atoms with E-state index in [0.717, 1.165) is 6.42 Å². The molecule has 0 spiro atoms. The van der Waals surface area contributed by atoms with Crippen molar-refractivity contribution in [1.29, 1.82) is 0 Å². The fourth-order valence-electron chi connectivity index (χ4n) is 5.81. The highest BCUT2D eigenvalue weighted by Gasteiger charge is 2.59. The quantitative estimate of drug-likeness (QED) is 0.291. The Morgan fingerprint density at radius 3 is 2.35 bits per heavy atom. The Balaban J connectivity index is 1.18. The van der Waals surface area contributed by atoms with Crippen molar-refractivity contribution in [2.45, 2.75) is 12.8 Å². The number of fused-ring (bicyclic) bond motifs is 5. The van der Waals surface area contributed by atoms with E-state index in [0.29, 0.717) is 16.4 Å². The summed E-state index contributed by atoms with van der Waals surface area (Å²) in [5, 5.41) is 0.436. The molecular formula is C26H21ClN2O5. The minimum atomic E-state index is -0.650. The van der Waals surface area contributed by atoms with Crippen LogP contribution in [0.15, 0.2) is 60.7 Å². The van der Waals surface area contributed by atoms with E-state index in [1.807, 2.05) is 12.2 Å². The van der Waals surface area contributed by atoms with Crippen LogP contribution >= 0.6 is 11.6 Å². The second-order valence-electron chi connectivity index (χ2n) is 9.29. The smallest absolute Gasteiger partial charge is 0.316 e. The number of allylic oxidation sites excluding steroid dienone is 2. The molecule has 2 bridgehead atoms. The Kier molecular flexibility index (Phi) is 4.85. The summed E-state index contributed by atoms with van der Waals surface area (Å²) in [6, 6.07) is 13.4. The zero-order chi connectivity index (χ0) is 23.6. The SMILES string of the molecule is O=C(Oc1cccc(N2C(=O)[C@@H]3[C@H](C2=O)[C@H]2C=C[C@H]3C2)c1)[C@H]1CC(=O)N(c2ccccc2Cl)C1. The molecule has 3 fully saturated rings. The molecule has 3 amide bonds. The van der Waals surface area contributed by atoms with E-state index in [9.17, 15) is 19.2 Å². The van der Waals surface area contributed by atoms with Crippen LogP contribution in [0.1, 0.15) is 12.8 Å². The number of anilines is 2.